The van der Waals surface area contributed by atoms with Crippen molar-refractivity contribution in [2.75, 3.05) is 0 Å². The summed E-state index contributed by atoms with van der Waals surface area (Å²) in [5.74, 6) is 0.00302. The maximum absolute atomic E-state index is 10.5. The molecule has 3 nitrogen and oxygen atoms in total. The number of rotatable bonds is 2. The topological polar surface area (TPSA) is 50.2 Å². The minimum absolute atomic E-state index is 0.00302. The summed E-state index contributed by atoms with van der Waals surface area (Å²) in [5, 5.41) is 9.03. The van der Waals surface area contributed by atoms with Crippen LogP contribution in [0.25, 0.3) is 11.1 Å². The molecule has 15 heavy (non-hydrogen) atoms. The first-order valence-corrected chi connectivity index (χ1v) is 4.50. The molecule has 0 unspecified atom stereocenters. The van der Waals surface area contributed by atoms with Crippen LogP contribution in [0.3, 0.4) is 0 Å². The van der Waals surface area contributed by atoms with Crippen molar-refractivity contribution in [3.63, 3.8) is 0 Å². The van der Waals surface area contributed by atoms with Gasteiger partial charge in [-0.2, -0.15) is 0 Å². The summed E-state index contributed by atoms with van der Waals surface area (Å²) in [6.45, 7) is 0. The van der Waals surface area contributed by atoms with Gasteiger partial charge in [-0.1, -0.05) is 24.3 Å². The van der Waals surface area contributed by atoms with Crippen molar-refractivity contribution >= 4 is 6.29 Å². The van der Waals surface area contributed by atoms with Crippen LogP contribution in [0.15, 0.2) is 42.6 Å². The normalized spacial score (nSPS) is 9.87. The number of hydrogen-bond acceptors (Lipinski definition) is 3. The van der Waals surface area contributed by atoms with Gasteiger partial charge in [-0.15, -0.1) is 0 Å². The minimum atomic E-state index is 0.00302. The molecule has 2 rings (SSSR count). The van der Waals surface area contributed by atoms with Crippen molar-refractivity contribution < 1.29 is 9.90 Å². The molecule has 0 radical (unpaired) electrons. The molecule has 0 bridgehead atoms. The largest absolute Gasteiger partial charge is 0.493 e. The summed E-state index contributed by atoms with van der Waals surface area (Å²) in [6, 6.07) is 10.5. The predicted octanol–water partition coefficient (Wildman–Crippen LogP) is 2.27. The zero-order chi connectivity index (χ0) is 10.7. The molecule has 1 aromatic heterocycles. The standard InChI is InChI=1S/C12H9NO2/c14-8-9-1-3-10(4-2-9)11-5-6-12(15)13-7-11/h1-8H,(H,13,15). The fourth-order valence-electron chi connectivity index (χ4n) is 1.31. The lowest BCUT2D eigenvalue weighted by atomic mass is 10.1. The quantitative estimate of drug-likeness (QED) is 0.755. The second-order valence-electron chi connectivity index (χ2n) is 3.14. The highest BCUT2D eigenvalue weighted by molar-refractivity contribution is 5.76. The third-order valence-corrected chi connectivity index (χ3v) is 2.13. The fourth-order valence-corrected chi connectivity index (χ4v) is 1.31. The molecule has 0 fully saturated rings. The molecule has 0 aliphatic carbocycles. The maximum atomic E-state index is 10.5. The van der Waals surface area contributed by atoms with Gasteiger partial charge in [0.2, 0.25) is 5.88 Å². The molecule has 3 heteroatoms. The number of aldehydes is 1. The van der Waals surface area contributed by atoms with Gasteiger partial charge in [0.15, 0.2) is 0 Å². The van der Waals surface area contributed by atoms with Crippen molar-refractivity contribution in [1.29, 1.82) is 0 Å². The number of nitrogens with zero attached hydrogens (tertiary/aromatic N) is 1. The molecular weight excluding hydrogens is 190 g/mol. The summed E-state index contributed by atoms with van der Waals surface area (Å²) < 4.78 is 0. The van der Waals surface area contributed by atoms with E-state index in [1.54, 1.807) is 24.4 Å². The van der Waals surface area contributed by atoms with Crippen LogP contribution in [0, 0.1) is 0 Å². The van der Waals surface area contributed by atoms with Crippen molar-refractivity contribution in [3.05, 3.63) is 48.2 Å². The van der Waals surface area contributed by atoms with Gasteiger partial charge < -0.3 is 5.11 Å². The molecular formula is C12H9NO2. The van der Waals surface area contributed by atoms with Crippen molar-refractivity contribution in [1.82, 2.24) is 4.98 Å². The van der Waals surface area contributed by atoms with E-state index in [-0.39, 0.29) is 5.88 Å². The number of carbonyl (C=O) groups excluding carboxylic acids is 1. The third-order valence-electron chi connectivity index (χ3n) is 2.13. The van der Waals surface area contributed by atoms with Gasteiger partial charge in [0.25, 0.3) is 0 Å². The molecule has 0 atom stereocenters. The highest BCUT2D eigenvalue weighted by Crippen LogP contribution is 2.19. The lowest BCUT2D eigenvalue weighted by molar-refractivity contribution is 0.112. The van der Waals surface area contributed by atoms with Gasteiger partial charge in [0.05, 0.1) is 0 Å². The van der Waals surface area contributed by atoms with E-state index in [1.807, 2.05) is 12.1 Å². The van der Waals surface area contributed by atoms with Crippen molar-refractivity contribution in [3.8, 4) is 17.0 Å². The van der Waals surface area contributed by atoms with Crippen LogP contribution in [-0.2, 0) is 0 Å². The highest BCUT2D eigenvalue weighted by atomic mass is 16.3. The molecule has 0 saturated heterocycles. The predicted molar refractivity (Wildman–Crippen MR) is 56.7 cm³/mol. The molecule has 1 heterocycles. The van der Waals surface area contributed by atoms with Crippen molar-refractivity contribution in [2.45, 2.75) is 0 Å². The lowest BCUT2D eigenvalue weighted by Crippen LogP contribution is -1.82. The summed E-state index contributed by atoms with van der Waals surface area (Å²) in [5.41, 5.74) is 2.52. The van der Waals surface area contributed by atoms with Crippen LogP contribution in [0.1, 0.15) is 10.4 Å². The molecule has 1 N–H and O–H groups in total. The van der Waals surface area contributed by atoms with E-state index in [1.165, 1.54) is 6.07 Å². The Balaban J connectivity index is 2.37. The Bertz CT molecular complexity index is 460. The Morgan fingerprint density at radius 3 is 2.20 bits per heavy atom. The number of pyridine rings is 1. The van der Waals surface area contributed by atoms with E-state index in [0.717, 1.165) is 17.4 Å². The summed E-state index contributed by atoms with van der Waals surface area (Å²) in [4.78, 5) is 14.2. The van der Waals surface area contributed by atoms with Gasteiger partial charge in [0, 0.05) is 23.4 Å². The van der Waals surface area contributed by atoms with E-state index >= 15 is 0 Å². The van der Waals surface area contributed by atoms with Crippen LogP contribution in [0.4, 0.5) is 0 Å². The van der Waals surface area contributed by atoms with Crippen LogP contribution in [0.5, 0.6) is 5.88 Å². The highest BCUT2D eigenvalue weighted by Gasteiger charge is 1.98. The van der Waals surface area contributed by atoms with E-state index in [0.29, 0.717) is 5.56 Å². The average Bonchev–Trinajstić information content (AvgIpc) is 2.30. The van der Waals surface area contributed by atoms with Crippen molar-refractivity contribution in [2.24, 2.45) is 0 Å². The first-order chi connectivity index (χ1) is 7.29. The van der Waals surface area contributed by atoms with Gasteiger partial charge >= 0.3 is 0 Å². The van der Waals surface area contributed by atoms with Crippen LogP contribution in [-0.4, -0.2) is 16.4 Å². The summed E-state index contributed by atoms with van der Waals surface area (Å²) in [7, 11) is 0. The Hall–Kier alpha value is -2.16. The molecule has 1 aromatic carbocycles. The van der Waals surface area contributed by atoms with Crippen LogP contribution >= 0.6 is 0 Å². The first kappa shape index (κ1) is 9.40. The molecule has 0 aliphatic rings. The number of aromatic hydroxyl groups is 1. The zero-order valence-electron chi connectivity index (χ0n) is 7.92. The fraction of sp³-hybridized carbons (Fsp3) is 0. The molecule has 0 amide bonds. The lowest BCUT2D eigenvalue weighted by Gasteiger charge is -2.00. The second-order valence-corrected chi connectivity index (χ2v) is 3.14. The summed E-state index contributed by atoms with van der Waals surface area (Å²) >= 11 is 0. The molecule has 2 aromatic rings. The van der Waals surface area contributed by atoms with E-state index in [9.17, 15) is 4.79 Å². The van der Waals surface area contributed by atoms with Gasteiger partial charge in [-0.05, 0) is 11.6 Å². The van der Waals surface area contributed by atoms with E-state index in [4.69, 9.17) is 5.11 Å². The Morgan fingerprint density at radius 1 is 1.00 bits per heavy atom. The zero-order valence-corrected chi connectivity index (χ0v) is 7.92. The maximum Gasteiger partial charge on any atom is 0.210 e. The molecule has 0 aliphatic heterocycles. The smallest absolute Gasteiger partial charge is 0.210 e. The molecule has 0 spiro atoms. The molecule has 74 valence electrons. The number of hydrogen-bond donors (Lipinski definition) is 1. The Kier molecular flexibility index (Phi) is 2.46. The van der Waals surface area contributed by atoms with E-state index < -0.39 is 0 Å². The van der Waals surface area contributed by atoms with Gasteiger partial charge in [0.1, 0.15) is 6.29 Å². The van der Waals surface area contributed by atoms with Crippen LogP contribution < -0.4 is 0 Å². The number of benzene rings is 1. The number of carbonyl (C=O) groups is 1. The monoisotopic (exact) mass is 199 g/mol. The van der Waals surface area contributed by atoms with Gasteiger partial charge in [-0.25, -0.2) is 4.98 Å². The van der Waals surface area contributed by atoms with Crippen LogP contribution in [0.2, 0.25) is 0 Å². The first-order valence-electron chi connectivity index (χ1n) is 4.50. The SMILES string of the molecule is O=Cc1ccc(-c2ccc(O)nc2)cc1. The second kappa shape index (κ2) is 3.92. The average molecular weight is 199 g/mol. The Morgan fingerprint density at radius 2 is 1.67 bits per heavy atom. The van der Waals surface area contributed by atoms with Gasteiger partial charge in [-0.3, -0.25) is 4.79 Å². The number of aromatic nitrogens is 1. The summed E-state index contributed by atoms with van der Waals surface area (Å²) in [6.07, 6.45) is 2.39. The Labute approximate surface area is 87.0 Å². The third kappa shape index (κ3) is 2.02. The minimum Gasteiger partial charge on any atom is -0.493 e. The molecule has 0 saturated carbocycles. The van der Waals surface area contributed by atoms with E-state index in [2.05, 4.69) is 4.98 Å².